The van der Waals surface area contributed by atoms with Crippen molar-refractivity contribution in [2.75, 3.05) is 24.7 Å². The molecule has 6 heteroatoms. The van der Waals surface area contributed by atoms with Crippen molar-refractivity contribution in [1.82, 2.24) is 10.3 Å². The minimum Gasteiger partial charge on any atom is -0.370 e. The smallest absolute Gasteiger partial charge is 0.251 e. The monoisotopic (exact) mass is 327 g/mol. The van der Waals surface area contributed by atoms with E-state index in [9.17, 15) is 4.79 Å². The molecule has 0 bridgehead atoms. The predicted octanol–water partition coefficient (Wildman–Crippen LogP) is 3.57. The van der Waals surface area contributed by atoms with E-state index in [1.165, 1.54) is 25.7 Å². The van der Waals surface area contributed by atoms with Crippen LogP contribution >= 0.6 is 23.4 Å². The van der Waals surface area contributed by atoms with Gasteiger partial charge in [-0.2, -0.15) is 11.8 Å². The standard InChI is InChI=1S/C15H22ClN3OS/c1-3-17-13-9-11(8-12(16)19-13)14(20)18-10-15(21-2)6-4-5-7-15/h8-9H,3-7,10H2,1-2H3,(H,17,19)(H,18,20). The summed E-state index contributed by atoms with van der Waals surface area (Å²) >= 11 is 7.84. The molecule has 1 aromatic heterocycles. The zero-order chi connectivity index (χ0) is 15.3. The molecule has 1 aromatic rings. The van der Waals surface area contributed by atoms with Crippen LogP contribution < -0.4 is 10.6 Å². The van der Waals surface area contributed by atoms with Crippen molar-refractivity contribution in [2.24, 2.45) is 0 Å². The summed E-state index contributed by atoms with van der Waals surface area (Å²) in [6.07, 6.45) is 6.98. The number of rotatable bonds is 6. The highest BCUT2D eigenvalue weighted by atomic mass is 35.5. The van der Waals surface area contributed by atoms with Crippen LogP contribution in [0.4, 0.5) is 5.82 Å². The van der Waals surface area contributed by atoms with Gasteiger partial charge in [0.15, 0.2) is 0 Å². The molecule has 21 heavy (non-hydrogen) atoms. The lowest BCUT2D eigenvalue weighted by atomic mass is 10.1. The number of nitrogens with zero attached hydrogens (tertiary/aromatic N) is 1. The summed E-state index contributed by atoms with van der Waals surface area (Å²) in [5, 5.41) is 6.47. The number of carbonyl (C=O) groups is 1. The lowest BCUT2D eigenvalue weighted by Crippen LogP contribution is -2.38. The Morgan fingerprint density at radius 1 is 1.43 bits per heavy atom. The van der Waals surface area contributed by atoms with E-state index in [1.807, 2.05) is 18.7 Å². The molecule has 2 N–H and O–H groups in total. The van der Waals surface area contributed by atoms with Crippen LogP contribution in [0, 0.1) is 0 Å². The molecule has 1 aliphatic rings. The fraction of sp³-hybridized carbons (Fsp3) is 0.600. The van der Waals surface area contributed by atoms with Gasteiger partial charge in [-0.1, -0.05) is 24.4 Å². The van der Waals surface area contributed by atoms with E-state index in [-0.39, 0.29) is 10.7 Å². The molecule has 0 aliphatic heterocycles. The number of aromatic nitrogens is 1. The Labute approximate surface area is 135 Å². The second-order valence-corrected chi connectivity index (χ2v) is 7.03. The largest absolute Gasteiger partial charge is 0.370 e. The molecule has 4 nitrogen and oxygen atoms in total. The van der Waals surface area contributed by atoms with Gasteiger partial charge in [0.1, 0.15) is 11.0 Å². The highest BCUT2D eigenvalue weighted by Gasteiger charge is 2.33. The number of thioether (sulfide) groups is 1. The first-order valence-electron chi connectivity index (χ1n) is 7.33. The Bertz CT molecular complexity index is 504. The summed E-state index contributed by atoms with van der Waals surface area (Å²) in [5.41, 5.74) is 0.556. The minimum atomic E-state index is -0.0845. The number of anilines is 1. The van der Waals surface area contributed by atoms with Gasteiger partial charge in [0.25, 0.3) is 5.91 Å². The van der Waals surface area contributed by atoms with Gasteiger partial charge in [0.2, 0.25) is 0 Å². The molecule has 0 radical (unpaired) electrons. The van der Waals surface area contributed by atoms with Gasteiger partial charge in [-0.05, 0) is 38.2 Å². The lowest BCUT2D eigenvalue weighted by molar-refractivity contribution is 0.0949. The first-order valence-corrected chi connectivity index (χ1v) is 8.93. The number of pyridine rings is 1. The fourth-order valence-corrected chi connectivity index (χ4v) is 3.84. The normalized spacial score (nSPS) is 16.7. The predicted molar refractivity (Wildman–Crippen MR) is 90.5 cm³/mol. The van der Waals surface area contributed by atoms with Crippen LogP contribution in [0.5, 0.6) is 0 Å². The van der Waals surface area contributed by atoms with Crippen molar-refractivity contribution in [3.05, 3.63) is 22.8 Å². The topological polar surface area (TPSA) is 54.0 Å². The Balaban J connectivity index is 2.02. The average Bonchev–Trinajstić information content (AvgIpc) is 2.94. The summed E-state index contributed by atoms with van der Waals surface area (Å²) in [6.45, 7) is 3.43. The third-order valence-electron chi connectivity index (χ3n) is 3.93. The van der Waals surface area contributed by atoms with Gasteiger partial charge in [-0.15, -0.1) is 0 Å². The van der Waals surface area contributed by atoms with Gasteiger partial charge < -0.3 is 10.6 Å². The van der Waals surface area contributed by atoms with Gasteiger partial charge in [-0.3, -0.25) is 4.79 Å². The summed E-state index contributed by atoms with van der Waals surface area (Å²) in [7, 11) is 0. The SMILES string of the molecule is CCNc1cc(C(=O)NCC2(SC)CCCC2)cc(Cl)n1. The van der Waals surface area contributed by atoms with Crippen LogP contribution in [0.15, 0.2) is 12.1 Å². The van der Waals surface area contributed by atoms with E-state index < -0.39 is 0 Å². The van der Waals surface area contributed by atoms with Crippen molar-refractivity contribution in [2.45, 2.75) is 37.4 Å². The van der Waals surface area contributed by atoms with E-state index in [0.717, 1.165) is 6.54 Å². The molecule has 0 atom stereocenters. The first-order chi connectivity index (χ1) is 10.1. The molecule has 1 fully saturated rings. The zero-order valence-corrected chi connectivity index (χ0v) is 14.1. The molecule has 0 spiro atoms. The molecule has 0 saturated heterocycles. The zero-order valence-electron chi connectivity index (χ0n) is 12.5. The summed E-state index contributed by atoms with van der Waals surface area (Å²) in [5.74, 6) is 0.550. The minimum absolute atomic E-state index is 0.0845. The molecule has 1 amide bonds. The van der Waals surface area contributed by atoms with E-state index in [4.69, 9.17) is 11.6 Å². The molecule has 116 valence electrons. The number of nitrogens with one attached hydrogen (secondary N) is 2. The number of halogens is 1. The number of carbonyl (C=O) groups excluding carboxylic acids is 1. The maximum atomic E-state index is 12.3. The second-order valence-electron chi connectivity index (χ2n) is 5.37. The van der Waals surface area contributed by atoms with Crippen molar-refractivity contribution in [1.29, 1.82) is 0 Å². The molecule has 1 heterocycles. The molecule has 2 rings (SSSR count). The highest BCUT2D eigenvalue weighted by Crippen LogP contribution is 2.39. The van der Waals surface area contributed by atoms with Crippen LogP contribution in [0.2, 0.25) is 5.15 Å². The molecular formula is C15H22ClN3OS. The summed E-state index contributed by atoms with van der Waals surface area (Å²) in [4.78, 5) is 16.5. The van der Waals surface area contributed by atoms with E-state index >= 15 is 0 Å². The van der Waals surface area contributed by atoms with Crippen molar-refractivity contribution in [3.8, 4) is 0 Å². The Morgan fingerprint density at radius 3 is 2.76 bits per heavy atom. The van der Waals surface area contributed by atoms with E-state index in [0.29, 0.717) is 23.1 Å². The van der Waals surface area contributed by atoms with Crippen LogP contribution in [0.3, 0.4) is 0 Å². The maximum absolute atomic E-state index is 12.3. The number of hydrogen-bond acceptors (Lipinski definition) is 4. The highest BCUT2D eigenvalue weighted by molar-refractivity contribution is 8.00. The van der Waals surface area contributed by atoms with Gasteiger partial charge in [0.05, 0.1) is 0 Å². The fourth-order valence-electron chi connectivity index (χ4n) is 2.72. The molecule has 0 unspecified atom stereocenters. The van der Waals surface area contributed by atoms with Crippen LogP contribution in [-0.2, 0) is 0 Å². The third-order valence-corrected chi connectivity index (χ3v) is 5.55. The van der Waals surface area contributed by atoms with Crippen molar-refractivity contribution in [3.63, 3.8) is 0 Å². The van der Waals surface area contributed by atoms with Crippen LogP contribution in [0.1, 0.15) is 43.0 Å². The molecule has 0 aromatic carbocycles. The lowest BCUT2D eigenvalue weighted by Gasteiger charge is -2.26. The van der Waals surface area contributed by atoms with E-state index in [2.05, 4.69) is 21.9 Å². The molecule has 1 aliphatic carbocycles. The van der Waals surface area contributed by atoms with E-state index in [1.54, 1.807) is 12.1 Å². The van der Waals surface area contributed by atoms with Gasteiger partial charge in [-0.25, -0.2) is 4.98 Å². The number of hydrogen-bond donors (Lipinski definition) is 2. The third kappa shape index (κ3) is 4.27. The van der Waals surface area contributed by atoms with Crippen molar-refractivity contribution >= 4 is 35.1 Å². The summed E-state index contributed by atoms with van der Waals surface area (Å²) < 4.78 is 0.205. The molecule has 1 saturated carbocycles. The summed E-state index contributed by atoms with van der Waals surface area (Å²) in [6, 6.07) is 3.35. The first kappa shape index (κ1) is 16.4. The van der Waals surface area contributed by atoms with Crippen molar-refractivity contribution < 1.29 is 4.79 Å². The second kappa shape index (κ2) is 7.36. The average molecular weight is 328 g/mol. The van der Waals surface area contributed by atoms with Crippen LogP contribution in [-0.4, -0.2) is 35.0 Å². The molecular weight excluding hydrogens is 306 g/mol. The Morgan fingerprint density at radius 2 is 2.14 bits per heavy atom. The Hall–Kier alpha value is -0.940. The quantitative estimate of drug-likeness (QED) is 0.784. The number of amides is 1. The van der Waals surface area contributed by atoms with Gasteiger partial charge in [0, 0.05) is 23.4 Å². The maximum Gasteiger partial charge on any atom is 0.251 e. The van der Waals surface area contributed by atoms with Gasteiger partial charge >= 0.3 is 0 Å². The van der Waals surface area contributed by atoms with Crippen LogP contribution in [0.25, 0.3) is 0 Å². The Kier molecular flexibility index (Phi) is 5.76.